The van der Waals surface area contributed by atoms with E-state index in [0.29, 0.717) is 11.5 Å². The molecular formula is C14H23NS. The van der Waals surface area contributed by atoms with Gasteiger partial charge in [0.2, 0.25) is 0 Å². The Bertz CT molecular complexity index is 336. The van der Waals surface area contributed by atoms with Gasteiger partial charge in [0, 0.05) is 15.8 Å². The molecule has 1 fully saturated rings. The van der Waals surface area contributed by atoms with Gasteiger partial charge in [-0.15, -0.1) is 11.3 Å². The Kier molecular flexibility index (Phi) is 3.70. The molecule has 1 aliphatic carbocycles. The number of hydrogen-bond acceptors (Lipinski definition) is 2. The number of hydrogen-bond donors (Lipinski definition) is 1. The summed E-state index contributed by atoms with van der Waals surface area (Å²) in [6.07, 6.45) is 5.56. The fraction of sp³-hybridized carbons (Fsp3) is 0.714. The van der Waals surface area contributed by atoms with E-state index in [1.54, 1.807) is 0 Å². The minimum absolute atomic E-state index is 0.479. The molecule has 90 valence electrons. The van der Waals surface area contributed by atoms with Gasteiger partial charge < -0.3 is 5.32 Å². The normalized spacial score (nSPS) is 21.2. The Morgan fingerprint density at radius 1 is 1.38 bits per heavy atom. The summed E-state index contributed by atoms with van der Waals surface area (Å²) in [5.41, 5.74) is 0.479. The molecule has 0 spiro atoms. The smallest absolute Gasteiger partial charge is 0.0469 e. The van der Waals surface area contributed by atoms with E-state index in [9.17, 15) is 0 Å². The summed E-state index contributed by atoms with van der Waals surface area (Å²) in [6, 6.07) is 5.14. The van der Waals surface area contributed by atoms with Gasteiger partial charge >= 0.3 is 0 Å². The first-order valence-corrected chi connectivity index (χ1v) is 7.27. The maximum atomic E-state index is 3.71. The van der Waals surface area contributed by atoms with Crippen LogP contribution in [0.3, 0.4) is 0 Å². The van der Waals surface area contributed by atoms with Crippen LogP contribution in [0, 0.1) is 12.3 Å². The van der Waals surface area contributed by atoms with Crippen LogP contribution in [0.15, 0.2) is 12.1 Å². The molecule has 1 N–H and O–H groups in total. The summed E-state index contributed by atoms with van der Waals surface area (Å²) in [5.74, 6) is 0. The van der Waals surface area contributed by atoms with Crippen LogP contribution in [-0.2, 0) is 0 Å². The predicted molar refractivity (Wildman–Crippen MR) is 72.0 cm³/mol. The van der Waals surface area contributed by atoms with Crippen LogP contribution < -0.4 is 5.32 Å². The summed E-state index contributed by atoms with van der Waals surface area (Å²) in [6.45, 7) is 7.94. The first-order valence-electron chi connectivity index (χ1n) is 6.45. The van der Waals surface area contributed by atoms with Gasteiger partial charge in [-0.05, 0) is 43.9 Å². The average molecular weight is 237 g/mol. The first-order chi connectivity index (χ1) is 7.65. The second kappa shape index (κ2) is 4.89. The van der Waals surface area contributed by atoms with E-state index in [0.717, 1.165) is 6.54 Å². The van der Waals surface area contributed by atoms with E-state index in [1.165, 1.54) is 35.4 Å². The molecule has 0 saturated heterocycles. The lowest BCUT2D eigenvalue weighted by molar-refractivity contribution is 0.229. The fourth-order valence-corrected chi connectivity index (χ4v) is 4.10. The zero-order chi connectivity index (χ0) is 11.6. The van der Waals surface area contributed by atoms with Crippen LogP contribution in [0.25, 0.3) is 0 Å². The molecule has 1 aliphatic rings. The zero-order valence-electron chi connectivity index (χ0n) is 10.7. The third-order valence-corrected chi connectivity index (χ3v) is 4.96. The molecule has 16 heavy (non-hydrogen) atoms. The van der Waals surface area contributed by atoms with E-state index in [1.807, 2.05) is 11.3 Å². The number of aryl methyl sites for hydroxylation is 1. The molecule has 2 heteroatoms. The second-order valence-electron chi connectivity index (χ2n) is 5.30. The van der Waals surface area contributed by atoms with Crippen molar-refractivity contribution >= 4 is 11.3 Å². The van der Waals surface area contributed by atoms with Crippen LogP contribution in [0.1, 0.15) is 55.3 Å². The van der Waals surface area contributed by atoms with E-state index < -0.39 is 0 Å². The number of nitrogens with one attached hydrogen (secondary N) is 1. The lowest BCUT2D eigenvalue weighted by Crippen LogP contribution is -2.33. The van der Waals surface area contributed by atoms with Crippen molar-refractivity contribution < 1.29 is 0 Å². The quantitative estimate of drug-likeness (QED) is 0.824. The van der Waals surface area contributed by atoms with Crippen molar-refractivity contribution in [1.29, 1.82) is 0 Å². The van der Waals surface area contributed by atoms with Crippen LogP contribution in [0.2, 0.25) is 0 Å². The van der Waals surface area contributed by atoms with E-state index in [2.05, 4.69) is 38.2 Å². The van der Waals surface area contributed by atoms with E-state index in [-0.39, 0.29) is 0 Å². The molecule has 0 aromatic carbocycles. The molecule has 1 atom stereocenters. The van der Waals surface area contributed by atoms with Crippen LogP contribution in [0.5, 0.6) is 0 Å². The Balaban J connectivity index is 2.22. The van der Waals surface area contributed by atoms with E-state index >= 15 is 0 Å². The van der Waals surface area contributed by atoms with Crippen molar-refractivity contribution in [2.45, 2.75) is 52.5 Å². The van der Waals surface area contributed by atoms with Crippen molar-refractivity contribution in [2.75, 3.05) is 6.54 Å². The molecule has 0 bridgehead atoms. The van der Waals surface area contributed by atoms with Gasteiger partial charge in [-0.2, -0.15) is 0 Å². The Morgan fingerprint density at radius 2 is 2.06 bits per heavy atom. The monoisotopic (exact) mass is 237 g/mol. The molecular weight excluding hydrogens is 214 g/mol. The van der Waals surface area contributed by atoms with Gasteiger partial charge in [-0.1, -0.05) is 26.7 Å². The third-order valence-electron chi connectivity index (χ3n) is 3.90. The van der Waals surface area contributed by atoms with Crippen molar-refractivity contribution in [1.82, 2.24) is 5.32 Å². The Hall–Kier alpha value is -0.340. The standard InChI is InChI=1S/C14H23NS/c1-4-15-13(12-8-7-11(2)16-12)14(3)9-5-6-10-14/h7-8,13,15H,4-6,9-10H2,1-3H3. The summed E-state index contributed by atoms with van der Waals surface area (Å²) < 4.78 is 0. The minimum atomic E-state index is 0.479. The molecule has 0 aliphatic heterocycles. The maximum Gasteiger partial charge on any atom is 0.0469 e. The molecule has 0 amide bonds. The number of thiophene rings is 1. The van der Waals surface area contributed by atoms with E-state index in [4.69, 9.17) is 0 Å². The molecule has 1 aromatic heterocycles. The highest BCUT2D eigenvalue weighted by Crippen LogP contribution is 2.48. The van der Waals surface area contributed by atoms with Gasteiger partial charge in [-0.25, -0.2) is 0 Å². The molecule has 1 unspecified atom stereocenters. The lowest BCUT2D eigenvalue weighted by Gasteiger charge is -2.34. The van der Waals surface area contributed by atoms with Gasteiger partial charge in [-0.3, -0.25) is 0 Å². The molecule has 2 rings (SSSR count). The molecule has 1 heterocycles. The van der Waals surface area contributed by atoms with Crippen LogP contribution in [-0.4, -0.2) is 6.54 Å². The molecule has 1 aromatic rings. The SMILES string of the molecule is CCNC(c1ccc(C)s1)C1(C)CCCC1. The summed E-state index contributed by atoms with van der Waals surface area (Å²) in [5, 5.41) is 3.71. The van der Waals surface area contributed by atoms with Crippen molar-refractivity contribution in [3.05, 3.63) is 21.9 Å². The van der Waals surface area contributed by atoms with Gasteiger partial charge in [0.1, 0.15) is 0 Å². The third kappa shape index (κ3) is 2.33. The summed E-state index contributed by atoms with van der Waals surface area (Å²) in [4.78, 5) is 2.96. The lowest BCUT2D eigenvalue weighted by atomic mass is 9.80. The average Bonchev–Trinajstić information content (AvgIpc) is 2.85. The highest BCUT2D eigenvalue weighted by molar-refractivity contribution is 7.12. The Labute approximate surface area is 103 Å². The van der Waals surface area contributed by atoms with Gasteiger partial charge in [0.05, 0.1) is 0 Å². The highest BCUT2D eigenvalue weighted by atomic mass is 32.1. The topological polar surface area (TPSA) is 12.0 Å². The molecule has 1 saturated carbocycles. The van der Waals surface area contributed by atoms with Crippen LogP contribution in [0.4, 0.5) is 0 Å². The maximum absolute atomic E-state index is 3.71. The highest BCUT2D eigenvalue weighted by Gasteiger charge is 2.37. The van der Waals surface area contributed by atoms with Crippen molar-refractivity contribution in [2.24, 2.45) is 5.41 Å². The van der Waals surface area contributed by atoms with Crippen LogP contribution >= 0.6 is 11.3 Å². The Morgan fingerprint density at radius 3 is 2.56 bits per heavy atom. The number of rotatable bonds is 4. The predicted octanol–water partition coefficient (Wildman–Crippen LogP) is 4.29. The minimum Gasteiger partial charge on any atom is -0.309 e. The molecule has 0 radical (unpaired) electrons. The molecule has 1 nitrogen and oxygen atoms in total. The zero-order valence-corrected chi connectivity index (χ0v) is 11.5. The van der Waals surface area contributed by atoms with Crippen molar-refractivity contribution in [3.63, 3.8) is 0 Å². The largest absolute Gasteiger partial charge is 0.309 e. The fourth-order valence-electron chi connectivity index (χ4n) is 2.97. The van der Waals surface area contributed by atoms with Gasteiger partial charge in [0.25, 0.3) is 0 Å². The van der Waals surface area contributed by atoms with Gasteiger partial charge in [0.15, 0.2) is 0 Å². The summed E-state index contributed by atoms with van der Waals surface area (Å²) >= 11 is 1.96. The summed E-state index contributed by atoms with van der Waals surface area (Å²) in [7, 11) is 0. The van der Waals surface area contributed by atoms with Crippen molar-refractivity contribution in [3.8, 4) is 0 Å². The second-order valence-corrected chi connectivity index (χ2v) is 6.62. The first kappa shape index (κ1) is 12.1.